The third-order valence-electron chi connectivity index (χ3n) is 4.27. The van der Waals surface area contributed by atoms with E-state index in [1.165, 1.54) is 24.0 Å². The van der Waals surface area contributed by atoms with Crippen molar-refractivity contribution >= 4 is 0 Å². The molecule has 1 unspecified atom stereocenters. The molecule has 21 heavy (non-hydrogen) atoms. The van der Waals surface area contributed by atoms with Crippen molar-refractivity contribution in [2.75, 3.05) is 13.1 Å². The molecule has 1 aliphatic rings. The maximum atomic E-state index is 9.98. The molecule has 2 heteroatoms. The van der Waals surface area contributed by atoms with Gasteiger partial charge < -0.3 is 10.4 Å². The third-order valence-corrected chi connectivity index (χ3v) is 4.27. The first-order valence-corrected chi connectivity index (χ1v) is 7.83. The van der Waals surface area contributed by atoms with Gasteiger partial charge in [0.1, 0.15) is 0 Å². The summed E-state index contributed by atoms with van der Waals surface area (Å²) in [6, 6.07) is 21.2. The van der Waals surface area contributed by atoms with E-state index in [1.54, 1.807) is 0 Å². The number of aliphatic hydroxyl groups excluding tert-OH is 1. The molecule has 0 aromatic heterocycles. The summed E-state index contributed by atoms with van der Waals surface area (Å²) >= 11 is 0. The monoisotopic (exact) mass is 281 g/mol. The van der Waals surface area contributed by atoms with Crippen LogP contribution in [0, 0.1) is 5.92 Å². The molecule has 3 rings (SSSR count). The quantitative estimate of drug-likeness (QED) is 0.817. The predicted molar refractivity (Wildman–Crippen MR) is 86.3 cm³/mol. The van der Waals surface area contributed by atoms with E-state index in [9.17, 15) is 5.11 Å². The van der Waals surface area contributed by atoms with Crippen LogP contribution < -0.4 is 5.32 Å². The molecular weight excluding hydrogens is 258 g/mol. The van der Waals surface area contributed by atoms with E-state index >= 15 is 0 Å². The molecule has 2 aromatic carbocycles. The molecular formula is C19H23NO. The SMILES string of the molecule is OC(CNCC(c1ccccc1)c1ccccc1)C1CC1. The molecule has 1 aliphatic carbocycles. The molecule has 0 saturated heterocycles. The van der Waals surface area contributed by atoms with Gasteiger partial charge in [0.25, 0.3) is 0 Å². The lowest BCUT2D eigenvalue weighted by atomic mass is 9.91. The molecule has 0 spiro atoms. The summed E-state index contributed by atoms with van der Waals surface area (Å²) in [5, 5.41) is 13.4. The van der Waals surface area contributed by atoms with E-state index in [4.69, 9.17) is 0 Å². The molecule has 110 valence electrons. The van der Waals surface area contributed by atoms with Crippen LogP contribution in [0.5, 0.6) is 0 Å². The van der Waals surface area contributed by atoms with Gasteiger partial charge in [0.05, 0.1) is 6.10 Å². The third kappa shape index (κ3) is 3.93. The number of rotatable bonds is 7. The fourth-order valence-electron chi connectivity index (χ4n) is 2.82. The predicted octanol–water partition coefficient (Wildman–Crippen LogP) is 3.18. The van der Waals surface area contributed by atoms with Crippen LogP contribution >= 0.6 is 0 Å². The Morgan fingerprint density at radius 2 is 1.38 bits per heavy atom. The van der Waals surface area contributed by atoms with Crippen LogP contribution in [0.25, 0.3) is 0 Å². The van der Waals surface area contributed by atoms with Crippen LogP contribution in [0.3, 0.4) is 0 Å². The molecule has 1 fully saturated rings. The first kappa shape index (κ1) is 14.3. The van der Waals surface area contributed by atoms with Crippen molar-refractivity contribution in [1.29, 1.82) is 0 Å². The maximum absolute atomic E-state index is 9.98. The van der Waals surface area contributed by atoms with Gasteiger partial charge in [-0.2, -0.15) is 0 Å². The van der Waals surface area contributed by atoms with Gasteiger partial charge in [-0.1, -0.05) is 60.7 Å². The second-order valence-corrected chi connectivity index (χ2v) is 5.94. The zero-order valence-corrected chi connectivity index (χ0v) is 12.3. The molecule has 0 heterocycles. The first-order valence-electron chi connectivity index (χ1n) is 7.83. The Kier molecular flexibility index (Phi) is 4.69. The van der Waals surface area contributed by atoms with Crippen molar-refractivity contribution < 1.29 is 5.11 Å². The molecule has 2 nitrogen and oxygen atoms in total. The van der Waals surface area contributed by atoms with Crippen molar-refractivity contribution in [3.05, 3.63) is 71.8 Å². The van der Waals surface area contributed by atoms with Crippen LogP contribution in [-0.2, 0) is 0 Å². The van der Waals surface area contributed by atoms with E-state index in [0.717, 1.165) is 6.54 Å². The molecule has 1 saturated carbocycles. The number of hydrogen-bond acceptors (Lipinski definition) is 2. The normalized spacial score (nSPS) is 16.1. The van der Waals surface area contributed by atoms with Crippen LogP contribution in [0.4, 0.5) is 0 Å². The fourth-order valence-corrected chi connectivity index (χ4v) is 2.82. The molecule has 0 bridgehead atoms. The van der Waals surface area contributed by atoms with Crippen LogP contribution in [0.1, 0.15) is 29.9 Å². The first-order chi connectivity index (χ1) is 10.3. The summed E-state index contributed by atoms with van der Waals surface area (Å²) < 4.78 is 0. The molecule has 0 radical (unpaired) electrons. The van der Waals surface area contributed by atoms with Gasteiger partial charge in [-0.3, -0.25) is 0 Å². The Labute approximate surface area is 126 Å². The van der Waals surface area contributed by atoms with Crippen molar-refractivity contribution in [1.82, 2.24) is 5.32 Å². The smallest absolute Gasteiger partial charge is 0.0692 e. The Balaban J connectivity index is 1.67. The van der Waals surface area contributed by atoms with Crippen LogP contribution in [-0.4, -0.2) is 24.3 Å². The number of aliphatic hydroxyl groups is 1. The van der Waals surface area contributed by atoms with E-state index in [0.29, 0.717) is 18.4 Å². The Morgan fingerprint density at radius 3 is 1.86 bits per heavy atom. The summed E-state index contributed by atoms with van der Waals surface area (Å²) in [5.74, 6) is 0.864. The second kappa shape index (κ2) is 6.88. The van der Waals surface area contributed by atoms with Crippen LogP contribution in [0.15, 0.2) is 60.7 Å². The van der Waals surface area contributed by atoms with Gasteiger partial charge >= 0.3 is 0 Å². The fraction of sp³-hybridized carbons (Fsp3) is 0.368. The summed E-state index contributed by atoms with van der Waals surface area (Å²) in [4.78, 5) is 0. The molecule has 2 N–H and O–H groups in total. The van der Waals surface area contributed by atoms with E-state index in [-0.39, 0.29) is 6.10 Å². The van der Waals surface area contributed by atoms with Crippen molar-refractivity contribution in [2.24, 2.45) is 5.92 Å². The summed E-state index contributed by atoms with van der Waals surface area (Å²) in [6.45, 7) is 1.55. The highest BCUT2D eigenvalue weighted by molar-refractivity contribution is 5.32. The Bertz CT molecular complexity index is 497. The van der Waals surface area contributed by atoms with Gasteiger partial charge in [0, 0.05) is 19.0 Å². The number of benzene rings is 2. The molecule has 0 aliphatic heterocycles. The van der Waals surface area contributed by atoms with E-state index in [1.807, 2.05) is 0 Å². The zero-order chi connectivity index (χ0) is 14.5. The second-order valence-electron chi connectivity index (χ2n) is 5.94. The molecule has 1 atom stereocenters. The number of nitrogens with one attached hydrogen (secondary N) is 1. The average molecular weight is 281 g/mol. The van der Waals surface area contributed by atoms with Gasteiger partial charge in [-0.15, -0.1) is 0 Å². The van der Waals surface area contributed by atoms with Crippen LogP contribution in [0.2, 0.25) is 0 Å². The highest BCUT2D eigenvalue weighted by Gasteiger charge is 2.29. The highest BCUT2D eigenvalue weighted by Crippen LogP contribution is 2.32. The minimum atomic E-state index is -0.183. The average Bonchev–Trinajstić information content (AvgIpc) is 3.38. The minimum Gasteiger partial charge on any atom is -0.392 e. The lowest BCUT2D eigenvalue weighted by molar-refractivity contribution is 0.149. The van der Waals surface area contributed by atoms with Gasteiger partial charge in [0.2, 0.25) is 0 Å². The van der Waals surface area contributed by atoms with Crippen molar-refractivity contribution in [3.8, 4) is 0 Å². The summed E-state index contributed by atoms with van der Waals surface area (Å²) in [5.41, 5.74) is 2.63. The van der Waals surface area contributed by atoms with Gasteiger partial charge in [-0.25, -0.2) is 0 Å². The standard InChI is InChI=1S/C19H23NO/c21-19(17-11-12-17)14-20-13-18(15-7-3-1-4-8-15)16-9-5-2-6-10-16/h1-10,17-21H,11-14H2. The summed E-state index contributed by atoms with van der Waals surface area (Å²) in [6.07, 6.45) is 2.19. The van der Waals surface area contributed by atoms with Crippen molar-refractivity contribution in [3.63, 3.8) is 0 Å². The molecule has 0 amide bonds. The maximum Gasteiger partial charge on any atom is 0.0692 e. The van der Waals surface area contributed by atoms with E-state index < -0.39 is 0 Å². The van der Waals surface area contributed by atoms with Crippen molar-refractivity contribution in [2.45, 2.75) is 24.9 Å². The summed E-state index contributed by atoms with van der Waals surface area (Å²) in [7, 11) is 0. The van der Waals surface area contributed by atoms with Gasteiger partial charge in [0.15, 0.2) is 0 Å². The molecule has 2 aromatic rings. The highest BCUT2D eigenvalue weighted by atomic mass is 16.3. The largest absolute Gasteiger partial charge is 0.392 e. The Hall–Kier alpha value is -1.64. The zero-order valence-electron chi connectivity index (χ0n) is 12.3. The lowest BCUT2D eigenvalue weighted by Gasteiger charge is -2.20. The lowest BCUT2D eigenvalue weighted by Crippen LogP contribution is -2.31. The van der Waals surface area contributed by atoms with E-state index in [2.05, 4.69) is 66.0 Å². The topological polar surface area (TPSA) is 32.3 Å². The number of hydrogen-bond donors (Lipinski definition) is 2. The van der Waals surface area contributed by atoms with Gasteiger partial charge in [-0.05, 0) is 29.9 Å². The minimum absolute atomic E-state index is 0.183. The Morgan fingerprint density at radius 1 is 0.857 bits per heavy atom.